The lowest BCUT2D eigenvalue weighted by molar-refractivity contribution is -0.151. The Hall–Kier alpha value is -5.24. The van der Waals surface area contributed by atoms with Gasteiger partial charge in [0.05, 0.1) is 66.5 Å². The molecule has 3 aromatic carbocycles. The number of oxazole rings is 1. The predicted molar refractivity (Wildman–Crippen MR) is 203 cm³/mol. The minimum absolute atomic E-state index is 0.0469. The van der Waals surface area contributed by atoms with Crippen LogP contribution in [0.1, 0.15) is 35.2 Å². The highest BCUT2D eigenvalue weighted by Gasteiger charge is 2.39. The molecule has 2 aliphatic heterocycles. The number of methoxy groups -OCH3 is 4. The Labute approximate surface area is 322 Å². The van der Waals surface area contributed by atoms with Crippen LogP contribution in [0, 0.1) is 0 Å². The van der Waals surface area contributed by atoms with Crippen LogP contribution in [0.4, 0.5) is 11.7 Å². The van der Waals surface area contributed by atoms with Gasteiger partial charge < -0.3 is 42.8 Å². The van der Waals surface area contributed by atoms with E-state index in [4.69, 9.17) is 56.3 Å². The van der Waals surface area contributed by atoms with Gasteiger partial charge in [0.2, 0.25) is 0 Å². The van der Waals surface area contributed by atoms with Gasteiger partial charge in [-0.05, 0) is 60.9 Å². The van der Waals surface area contributed by atoms with Crippen molar-refractivity contribution in [3.8, 4) is 23.0 Å². The topological polar surface area (TPSA) is 129 Å². The van der Waals surface area contributed by atoms with Crippen molar-refractivity contribution in [2.75, 3.05) is 57.9 Å². The third-order valence-electron chi connectivity index (χ3n) is 9.84. The third kappa shape index (κ3) is 7.18. The van der Waals surface area contributed by atoms with Crippen LogP contribution in [-0.2, 0) is 33.8 Å². The molecule has 5 aromatic rings. The van der Waals surface area contributed by atoms with E-state index < -0.39 is 6.10 Å². The van der Waals surface area contributed by atoms with E-state index in [0.717, 1.165) is 22.3 Å². The number of nitrogens with zero attached hydrogens (tertiary/aromatic N) is 5. The van der Waals surface area contributed by atoms with E-state index in [-0.39, 0.29) is 37.0 Å². The van der Waals surface area contributed by atoms with Crippen LogP contribution < -0.4 is 28.7 Å². The zero-order chi connectivity index (χ0) is 38.1. The van der Waals surface area contributed by atoms with Crippen molar-refractivity contribution in [2.45, 2.75) is 38.6 Å². The van der Waals surface area contributed by atoms with Gasteiger partial charge in [0.25, 0.3) is 17.8 Å². The largest absolute Gasteiger partial charge is 0.497 e. The fraction of sp³-hybridized carbons (Fsp3) is 0.333. The summed E-state index contributed by atoms with van der Waals surface area (Å²) in [6.45, 7) is 2.67. The molecule has 0 bridgehead atoms. The number of aromatic nitrogens is 2. The summed E-state index contributed by atoms with van der Waals surface area (Å²) in [6.07, 6.45) is 2.76. The van der Waals surface area contributed by atoms with Crippen LogP contribution in [-0.4, -0.2) is 80.9 Å². The van der Waals surface area contributed by atoms with Gasteiger partial charge in [-0.1, -0.05) is 23.2 Å². The van der Waals surface area contributed by atoms with Gasteiger partial charge in [0, 0.05) is 39.8 Å². The van der Waals surface area contributed by atoms with Crippen molar-refractivity contribution in [3.63, 3.8) is 0 Å². The van der Waals surface area contributed by atoms with Crippen LogP contribution >= 0.6 is 23.2 Å². The molecule has 1 saturated heterocycles. The van der Waals surface area contributed by atoms with Crippen LogP contribution in [0.5, 0.6) is 23.0 Å². The summed E-state index contributed by atoms with van der Waals surface area (Å²) < 4.78 is 34.7. The molecule has 13 nitrogen and oxygen atoms in total. The second-order valence-electron chi connectivity index (χ2n) is 12.9. The van der Waals surface area contributed by atoms with Crippen molar-refractivity contribution in [1.29, 1.82) is 0 Å². The first-order chi connectivity index (χ1) is 26.1. The Morgan fingerprint density at radius 3 is 2.22 bits per heavy atom. The van der Waals surface area contributed by atoms with E-state index in [1.165, 1.54) is 11.1 Å². The Morgan fingerprint density at radius 2 is 1.59 bits per heavy atom. The fourth-order valence-electron chi connectivity index (χ4n) is 7.06. The van der Waals surface area contributed by atoms with Gasteiger partial charge in [-0.3, -0.25) is 14.6 Å². The number of pyridine rings is 1. The van der Waals surface area contributed by atoms with Gasteiger partial charge in [-0.2, -0.15) is 4.98 Å². The van der Waals surface area contributed by atoms with Gasteiger partial charge >= 0.3 is 0 Å². The maximum atomic E-state index is 14.0. The monoisotopic (exact) mass is 775 g/mol. The van der Waals surface area contributed by atoms with Gasteiger partial charge in [0.1, 0.15) is 40.8 Å². The van der Waals surface area contributed by atoms with Crippen LogP contribution in [0.25, 0.3) is 11.1 Å². The molecular formula is C39H39Cl2N5O8. The molecule has 1 unspecified atom stereocenters. The quantitative estimate of drug-likeness (QED) is 0.143. The number of anilines is 2. The lowest BCUT2D eigenvalue weighted by atomic mass is 9.93. The maximum absolute atomic E-state index is 14.0. The van der Waals surface area contributed by atoms with Crippen LogP contribution in [0.2, 0.25) is 10.0 Å². The molecule has 2 amide bonds. The van der Waals surface area contributed by atoms with Gasteiger partial charge in [-0.15, -0.1) is 0 Å². The number of carbonyl (C=O) groups is 2. The molecule has 2 aliphatic rings. The molecule has 0 spiro atoms. The Bertz CT molecular complexity index is 2160. The Morgan fingerprint density at radius 1 is 0.926 bits per heavy atom. The first kappa shape index (κ1) is 37.1. The van der Waals surface area contributed by atoms with Crippen molar-refractivity contribution < 1.29 is 37.7 Å². The average Bonchev–Trinajstić information content (AvgIpc) is 3.62. The summed E-state index contributed by atoms with van der Waals surface area (Å²) in [6, 6.07) is 14.7. The first-order valence-electron chi connectivity index (χ1n) is 17.2. The summed E-state index contributed by atoms with van der Waals surface area (Å²) in [5.74, 6) is 1.94. The van der Waals surface area contributed by atoms with Crippen LogP contribution in [0.3, 0.4) is 0 Å². The highest BCUT2D eigenvalue weighted by Crippen LogP contribution is 2.39. The van der Waals surface area contributed by atoms with Crippen molar-refractivity contribution in [2.24, 2.45) is 0 Å². The van der Waals surface area contributed by atoms with E-state index in [1.54, 1.807) is 45.6 Å². The highest BCUT2D eigenvalue weighted by molar-refractivity contribution is 6.35. The van der Waals surface area contributed by atoms with E-state index >= 15 is 0 Å². The molecule has 0 saturated carbocycles. The second kappa shape index (κ2) is 15.6. The van der Waals surface area contributed by atoms with E-state index in [9.17, 15) is 9.59 Å². The lowest BCUT2D eigenvalue weighted by Crippen LogP contribution is -2.54. The molecule has 282 valence electrons. The molecule has 1 fully saturated rings. The number of rotatable bonds is 11. The molecule has 15 heteroatoms. The number of hydrogen-bond acceptors (Lipinski definition) is 11. The van der Waals surface area contributed by atoms with Crippen molar-refractivity contribution >= 4 is 57.8 Å². The number of ether oxygens (including phenoxy) is 5. The second-order valence-corrected chi connectivity index (χ2v) is 13.8. The smallest absolute Gasteiger partial charge is 0.299 e. The van der Waals surface area contributed by atoms with E-state index in [1.807, 2.05) is 54.3 Å². The molecule has 2 aromatic heterocycles. The molecule has 4 heterocycles. The van der Waals surface area contributed by atoms with Crippen molar-refractivity contribution in [3.05, 3.63) is 93.2 Å². The number of benzene rings is 3. The molecule has 2 atom stereocenters. The first-order valence-corrected chi connectivity index (χ1v) is 18.0. The SMILES string of the molecule is COc1ccc(CN(Cc2ccc(OC)cc2OC)c2nc3cncc(N4CC(C(=O)N5CCc6cc(Cl)cc(Cl)c6[C@@H]5C)OCC4=O)c3o2)c(OC)c1. The number of fused-ring (bicyclic) bond motifs is 2. The molecule has 0 radical (unpaired) electrons. The molecule has 0 aliphatic carbocycles. The average molecular weight is 777 g/mol. The van der Waals surface area contributed by atoms with Gasteiger partial charge in [0.15, 0.2) is 11.7 Å². The van der Waals surface area contributed by atoms with Crippen molar-refractivity contribution in [1.82, 2.24) is 14.9 Å². The standard InChI is InChI=1S/C39H39Cl2N5O8/c1-22-36-23(12-26(40)13-29(36)41)10-11-45(22)38(48)34-20-46(35(47)21-53-34)31-17-42-16-30-37(31)54-39(43-30)44(18-24-6-8-27(49-2)14-32(24)51-4)19-25-7-9-28(50-3)15-33(25)52-5/h6-9,12-17,22,34H,10-11,18-21H2,1-5H3/t22-,34?/m0/s1. The Kier molecular flexibility index (Phi) is 10.7. The highest BCUT2D eigenvalue weighted by atomic mass is 35.5. The summed E-state index contributed by atoms with van der Waals surface area (Å²) in [5.41, 5.74) is 4.68. The summed E-state index contributed by atoms with van der Waals surface area (Å²) >= 11 is 12.8. The predicted octanol–water partition coefficient (Wildman–Crippen LogP) is 6.65. The fourth-order valence-corrected chi connectivity index (χ4v) is 7.76. The zero-order valence-corrected chi connectivity index (χ0v) is 31.9. The van der Waals surface area contributed by atoms with E-state index in [0.29, 0.717) is 75.9 Å². The number of hydrogen-bond donors (Lipinski definition) is 0. The number of halogens is 2. The number of morpholine rings is 1. The molecule has 7 rings (SSSR count). The zero-order valence-electron chi connectivity index (χ0n) is 30.4. The molecule has 54 heavy (non-hydrogen) atoms. The minimum atomic E-state index is -0.933. The minimum Gasteiger partial charge on any atom is -0.497 e. The molecule has 0 N–H and O–H groups in total. The lowest BCUT2D eigenvalue weighted by Gasteiger charge is -2.40. The van der Waals surface area contributed by atoms with Crippen LogP contribution in [0.15, 0.2) is 65.3 Å². The Balaban J connectivity index is 1.21. The van der Waals surface area contributed by atoms with Gasteiger partial charge in [-0.25, -0.2) is 0 Å². The normalized spacial score (nSPS) is 17.0. The third-order valence-corrected chi connectivity index (χ3v) is 10.4. The van der Waals surface area contributed by atoms with E-state index in [2.05, 4.69) is 4.98 Å². The maximum Gasteiger partial charge on any atom is 0.299 e. The summed E-state index contributed by atoms with van der Waals surface area (Å²) in [5, 5.41) is 1.06. The number of amides is 2. The summed E-state index contributed by atoms with van der Waals surface area (Å²) in [7, 11) is 6.38. The number of carbonyl (C=O) groups excluding carboxylic acids is 2. The molecular weight excluding hydrogens is 737 g/mol. The summed E-state index contributed by atoms with van der Waals surface area (Å²) in [4.78, 5) is 41.9.